The number of thiophene rings is 1. The minimum absolute atomic E-state index is 0.0346. The lowest BCUT2D eigenvalue weighted by Crippen LogP contribution is -2.57. The summed E-state index contributed by atoms with van der Waals surface area (Å²) < 4.78 is 26.6. The number of hydrogen-bond acceptors (Lipinski definition) is 5. The first kappa shape index (κ1) is 18.3. The zero-order chi connectivity index (χ0) is 17.9. The minimum atomic E-state index is -3.67. The van der Waals surface area contributed by atoms with Crippen molar-refractivity contribution in [2.75, 3.05) is 26.2 Å². The predicted molar refractivity (Wildman–Crippen MR) is 94.7 cm³/mol. The SMILES string of the molecule is O=C(CNS(=O)(=O)c1cccs1)N1CCN(C2CCCCC2)C(=O)C1. The van der Waals surface area contributed by atoms with Gasteiger partial charge in [-0.15, -0.1) is 11.3 Å². The van der Waals surface area contributed by atoms with E-state index < -0.39 is 10.0 Å². The first-order chi connectivity index (χ1) is 12.0. The van der Waals surface area contributed by atoms with Crippen LogP contribution in [0, 0.1) is 0 Å². The fraction of sp³-hybridized carbons (Fsp3) is 0.625. The maximum Gasteiger partial charge on any atom is 0.250 e. The Morgan fingerprint density at radius 3 is 2.64 bits per heavy atom. The van der Waals surface area contributed by atoms with E-state index in [1.807, 2.05) is 4.90 Å². The standard InChI is InChI=1S/C16H23N3O4S2/c20-14(11-17-25(22,23)16-7-4-10-24-16)18-8-9-19(15(21)12-18)13-5-2-1-3-6-13/h4,7,10,13,17H,1-3,5-6,8-9,11-12H2. The number of sulfonamides is 1. The molecule has 1 saturated heterocycles. The van der Waals surface area contributed by atoms with Crippen LogP contribution < -0.4 is 4.72 Å². The molecule has 0 bridgehead atoms. The predicted octanol–water partition coefficient (Wildman–Crippen LogP) is 1.03. The van der Waals surface area contributed by atoms with Crippen molar-refractivity contribution in [1.82, 2.24) is 14.5 Å². The molecule has 1 N–H and O–H groups in total. The van der Waals surface area contributed by atoms with Gasteiger partial charge in [-0.25, -0.2) is 13.1 Å². The normalized spacial score (nSPS) is 20.1. The Morgan fingerprint density at radius 1 is 1.24 bits per heavy atom. The summed E-state index contributed by atoms with van der Waals surface area (Å²) in [4.78, 5) is 28.0. The molecule has 138 valence electrons. The smallest absolute Gasteiger partial charge is 0.250 e. The van der Waals surface area contributed by atoms with Crippen LogP contribution in [0.2, 0.25) is 0 Å². The molecular formula is C16H23N3O4S2. The highest BCUT2D eigenvalue weighted by Crippen LogP contribution is 2.24. The van der Waals surface area contributed by atoms with E-state index in [1.54, 1.807) is 11.4 Å². The van der Waals surface area contributed by atoms with Gasteiger partial charge in [-0.2, -0.15) is 0 Å². The topological polar surface area (TPSA) is 86.8 Å². The third-order valence-corrected chi connectivity index (χ3v) is 7.60. The molecule has 0 radical (unpaired) electrons. The summed E-state index contributed by atoms with van der Waals surface area (Å²) in [5.41, 5.74) is 0. The molecule has 1 aromatic rings. The molecule has 3 rings (SSSR count). The van der Waals surface area contributed by atoms with Gasteiger partial charge in [0.1, 0.15) is 4.21 Å². The van der Waals surface area contributed by atoms with E-state index in [9.17, 15) is 18.0 Å². The van der Waals surface area contributed by atoms with Gasteiger partial charge in [-0.3, -0.25) is 9.59 Å². The lowest BCUT2D eigenvalue weighted by molar-refractivity contribution is -0.147. The Labute approximate surface area is 152 Å². The van der Waals surface area contributed by atoms with Crippen molar-refractivity contribution in [2.24, 2.45) is 0 Å². The van der Waals surface area contributed by atoms with Crippen LogP contribution in [-0.4, -0.2) is 62.3 Å². The first-order valence-corrected chi connectivity index (χ1v) is 10.9. The van der Waals surface area contributed by atoms with E-state index in [1.165, 1.54) is 17.4 Å². The van der Waals surface area contributed by atoms with Crippen LogP contribution in [0.25, 0.3) is 0 Å². The number of hydrogen-bond donors (Lipinski definition) is 1. The molecule has 1 aromatic heterocycles. The number of amides is 2. The molecule has 7 nitrogen and oxygen atoms in total. The molecule has 25 heavy (non-hydrogen) atoms. The highest BCUT2D eigenvalue weighted by atomic mass is 32.2. The average molecular weight is 386 g/mol. The van der Waals surface area contributed by atoms with Crippen LogP contribution in [0.1, 0.15) is 32.1 Å². The van der Waals surface area contributed by atoms with Gasteiger partial charge in [0, 0.05) is 19.1 Å². The van der Waals surface area contributed by atoms with Gasteiger partial charge in [0.2, 0.25) is 11.8 Å². The number of nitrogens with one attached hydrogen (secondary N) is 1. The number of carbonyl (C=O) groups is 2. The average Bonchev–Trinajstić information content (AvgIpc) is 3.16. The highest BCUT2D eigenvalue weighted by molar-refractivity contribution is 7.91. The molecule has 0 spiro atoms. The maximum atomic E-state index is 12.4. The van der Waals surface area contributed by atoms with Gasteiger partial charge in [0.15, 0.2) is 0 Å². The molecule has 2 fully saturated rings. The van der Waals surface area contributed by atoms with E-state index in [0.717, 1.165) is 37.0 Å². The van der Waals surface area contributed by atoms with Crippen molar-refractivity contribution in [3.8, 4) is 0 Å². The van der Waals surface area contributed by atoms with Gasteiger partial charge in [-0.1, -0.05) is 25.3 Å². The second kappa shape index (κ2) is 7.84. The van der Waals surface area contributed by atoms with Crippen LogP contribution >= 0.6 is 11.3 Å². The molecular weight excluding hydrogens is 362 g/mol. The van der Waals surface area contributed by atoms with E-state index >= 15 is 0 Å². The van der Waals surface area contributed by atoms with E-state index in [-0.39, 0.29) is 29.1 Å². The van der Waals surface area contributed by atoms with Crippen molar-refractivity contribution in [3.63, 3.8) is 0 Å². The fourth-order valence-corrected chi connectivity index (χ4v) is 5.45. The van der Waals surface area contributed by atoms with Crippen molar-refractivity contribution in [1.29, 1.82) is 0 Å². The van der Waals surface area contributed by atoms with Crippen molar-refractivity contribution < 1.29 is 18.0 Å². The molecule has 2 amide bonds. The van der Waals surface area contributed by atoms with Crippen LogP contribution in [0.5, 0.6) is 0 Å². The Hall–Kier alpha value is -1.45. The molecule has 2 aliphatic rings. The van der Waals surface area contributed by atoms with Crippen LogP contribution in [-0.2, 0) is 19.6 Å². The number of rotatable bonds is 5. The largest absolute Gasteiger partial charge is 0.336 e. The lowest BCUT2D eigenvalue weighted by Gasteiger charge is -2.40. The molecule has 1 saturated carbocycles. The van der Waals surface area contributed by atoms with Crippen molar-refractivity contribution in [3.05, 3.63) is 17.5 Å². The zero-order valence-electron chi connectivity index (χ0n) is 14.0. The summed E-state index contributed by atoms with van der Waals surface area (Å²) in [6, 6.07) is 3.43. The highest BCUT2D eigenvalue weighted by Gasteiger charge is 2.32. The Morgan fingerprint density at radius 2 is 2.00 bits per heavy atom. The van der Waals surface area contributed by atoms with Gasteiger partial charge < -0.3 is 9.80 Å². The molecule has 1 aliphatic heterocycles. The minimum Gasteiger partial charge on any atom is -0.336 e. The zero-order valence-corrected chi connectivity index (χ0v) is 15.7. The van der Waals surface area contributed by atoms with E-state index in [2.05, 4.69) is 4.72 Å². The molecule has 0 atom stereocenters. The van der Waals surface area contributed by atoms with E-state index in [4.69, 9.17) is 0 Å². The van der Waals surface area contributed by atoms with Gasteiger partial charge >= 0.3 is 0 Å². The van der Waals surface area contributed by atoms with E-state index in [0.29, 0.717) is 19.1 Å². The van der Waals surface area contributed by atoms with Crippen LogP contribution in [0.4, 0.5) is 0 Å². The summed E-state index contributed by atoms with van der Waals surface area (Å²) >= 11 is 1.10. The van der Waals surface area contributed by atoms with Crippen LogP contribution in [0.3, 0.4) is 0 Å². The summed E-state index contributed by atoms with van der Waals surface area (Å²) in [6.07, 6.45) is 5.62. The monoisotopic (exact) mass is 385 g/mol. The van der Waals surface area contributed by atoms with Gasteiger partial charge in [-0.05, 0) is 24.3 Å². The third-order valence-electron chi connectivity index (χ3n) is 4.80. The summed E-state index contributed by atoms with van der Waals surface area (Å²) in [5.74, 6) is -0.399. The molecule has 0 unspecified atom stereocenters. The second-order valence-electron chi connectivity index (χ2n) is 6.45. The van der Waals surface area contributed by atoms with Crippen molar-refractivity contribution >= 4 is 33.2 Å². The summed E-state index contributed by atoms with van der Waals surface area (Å²) in [6.45, 7) is 0.710. The number of carbonyl (C=O) groups excluding carboxylic acids is 2. The Bertz CT molecular complexity index is 712. The summed E-state index contributed by atoms with van der Waals surface area (Å²) in [7, 11) is -3.67. The number of piperazine rings is 1. The van der Waals surface area contributed by atoms with Crippen molar-refractivity contribution in [2.45, 2.75) is 42.4 Å². The Balaban J connectivity index is 1.51. The fourth-order valence-electron chi connectivity index (χ4n) is 3.43. The second-order valence-corrected chi connectivity index (χ2v) is 9.39. The lowest BCUT2D eigenvalue weighted by atomic mass is 9.93. The van der Waals surface area contributed by atoms with Gasteiger partial charge in [0.05, 0.1) is 13.1 Å². The maximum absolute atomic E-state index is 12.4. The molecule has 9 heteroatoms. The quantitative estimate of drug-likeness (QED) is 0.820. The third kappa shape index (κ3) is 4.39. The molecule has 1 aliphatic carbocycles. The Kier molecular flexibility index (Phi) is 5.75. The number of nitrogens with zero attached hydrogens (tertiary/aromatic N) is 2. The summed E-state index contributed by atoms with van der Waals surface area (Å²) in [5, 5.41) is 1.67. The van der Waals surface area contributed by atoms with Gasteiger partial charge in [0.25, 0.3) is 10.0 Å². The molecule has 0 aromatic carbocycles. The molecule has 2 heterocycles. The first-order valence-electron chi connectivity index (χ1n) is 8.58. The van der Waals surface area contributed by atoms with Crippen LogP contribution in [0.15, 0.2) is 21.7 Å².